The van der Waals surface area contributed by atoms with Gasteiger partial charge in [-0.1, -0.05) is 13.3 Å². The van der Waals surface area contributed by atoms with Crippen LogP contribution in [0.5, 0.6) is 0 Å². The van der Waals surface area contributed by atoms with Crippen LogP contribution in [-0.4, -0.2) is 33.8 Å². The molecule has 1 fully saturated rings. The summed E-state index contributed by atoms with van der Waals surface area (Å²) >= 11 is 0. The fraction of sp³-hybridized carbons (Fsp3) is 0.786. The second kappa shape index (κ2) is 6.34. The van der Waals surface area contributed by atoms with E-state index in [0.717, 1.165) is 13.0 Å². The highest BCUT2D eigenvalue weighted by atomic mass is 15.3. The molecule has 18 heavy (non-hydrogen) atoms. The lowest BCUT2D eigenvalue weighted by Gasteiger charge is -2.38. The average molecular weight is 250 g/mol. The second-order valence-electron chi connectivity index (χ2n) is 5.37. The van der Waals surface area contributed by atoms with Crippen LogP contribution in [0.4, 0.5) is 0 Å². The van der Waals surface area contributed by atoms with E-state index in [2.05, 4.69) is 30.0 Å². The van der Waals surface area contributed by atoms with Crippen molar-refractivity contribution in [2.24, 2.45) is 5.73 Å². The first-order valence-electron chi connectivity index (χ1n) is 7.24. The number of likely N-dealkylation sites (tertiary alicyclic amines) is 1. The van der Waals surface area contributed by atoms with Crippen LogP contribution >= 0.6 is 0 Å². The number of aromatic nitrogens is 2. The van der Waals surface area contributed by atoms with Gasteiger partial charge < -0.3 is 5.73 Å². The molecule has 0 aliphatic carbocycles. The van der Waals surface area contributed by atoms with E-state index < -0.39 is 0 Å². The van der Waals surface area contributed by atoms with Crippen LogP contribution in [0.25, 0.3) is 0 Å². The van der Waals surface area contributed by atoms with E-state index in [4.69, 9.17) is 5.73 Å². The third kappa shape index (κ3) is 2.93. The van der Waals surface area contributed by atoms with Crippen LogP contribution in [-0.2, 0) is 6.54 Å². The van der Waals surface area contributed by atoms with Crippen LogP contribution in [0.3, 0.4) is 0 Å². The molecule has 0 saturated carbocycles. The Balaban J connectivity index is 2.10. The fourth-order valence-electron chi connectivity index (χ4n) is 2.95. The predicted molar refractivity (Wildman–Crippen MR) is 74.3 cm³/mol. The van der Waals surface area contributed by atoms with Gasteiger partial charge in [-0.25, -0.2) is 0 Å². The lowest BCUT2D eigenvalue weighted by molar-refractivity contribution is 0.109. The maximum Gasteiger partial charge on any atom is 0.0538 e. The monoisotopic (exact) mass is 250 g/mol. The zero-order valence-electron chi connectivity index (χ0n) is 11.7. The summed E-state index contributed by atoms with van der Waals surface area (Å²) in [6, 6.07) is 0.979. The van der Waals surface area contributed by atoms with Crippen LogP contribution in [0, 0.1) is 0 Å². The molecule has 1 aromatic rings. The summed E-state index contributed by atoms with van der Waals surface area (Å²) in [5, 5.41) is 4.43. The molecule has 2 heterocycles. The Bertz CT molecular complexity index is 360. The molecule has 4 heteroatoms. The summed E-state index contributed by atoms with van der Waals surface area (Å²) in [5.41, 5.74) is 7.28. The van der Waals surface area contributed by atoms with Crippen molar-refractivity contribution in [3.8, 4) is 0 Å². The van der Waals surface area contributed by atoms with Crippen LogP contribution in [0.15, 0.2) is 12.4 Å². The highest BCUT2D eigenvalue weighted by molar-refractivity contribution is 5.12. The number of nitrogens with zero attached hydrogens (tertiary/aromatic N) is 3. The number of piperidine rings is 1. The number of hydrogen-bond donors (Lipinski definition) is 1. The summed E-state index contributed by atoms with van der Waals surface area (Å²) in [7, 11) is 0. The number of rotatable bonds is 5. The van der Waals surface area contributed by atoms with E-state index in [1.165, 1.54) is 31.4 Å². The van der Waals surface area contributed by atoms with Gasteiger partial charge in [0.25, 0.3) is 0 Å². The van der Waals surface area contributed by atoms with Crippen molar-refractivity contribution in [1.82, 2.24) is 14.7 Å². The quantitative estimate of drug-likeness (QED) is 0.871. The highest BCUT2D eigenvalue weighted by Gasteiger charge is 2.26. The van der Waals surface area contributed by atoms with Gasteiger partial charge >= 0.3 is 0 Å². The molecule has 2 unspecified atom stereocenters. The molecule has 1 aromatic heterocycles. The van der Waals surface area contributed by atoms with E-state index in [9.17, 15) is 0 Å². The Morgan fingerprint density at radius 3 is 3.00 bits per heavy atom. The molecular weight excluding hydrogens is 224 g/mol. The Morgan fingerprint density at radius 2 is 2.33 bits per heavy atom. The minimum Gasteiger partial charge on any atom is -0.329 e. The SMILES string of the molecule is CCCn1cc(C(CN)N2CCCCC2C)cn1. The predicted octanol–water partition coefficient (Wildman–Crippen LogP) is 2.17. The Labute approximate surface area is 110 Å². The zero-order valence-corrected chi connectivity index (χ0v) is 11.7. The molecule has 1 aliphatic heterocycles. The summed E-state index contributed by atoms with van der Waals surface area (Å²) in [6.45, 7) is 7.34. The van der Waals surface area contributed by atoms with Gasteiger partial charge in [0.1, 0.15) is 0 Å². The number of aryl methyl sites for hydroxylation is 1. The van der Waals surface area contributed by atoms with Crippen molar-refractivity contribution in [3.63, 3.8) is 0 Å². The molecule has 4 nitrogen and oxygen atoms in total. The first-order chi connectivity index (χ1) is 8.76. The van der Waals surface area contributed by atoms with Gasteiger partial charge in [-0.2, -0.15) is 5.10 Å². The molecule has 0 spiro atoms. The smallest absolute Gasteiger partial charge is 0.0538 e. The summed E-state index contributed by atoms with van der Waals surface area (Å²) < 4.78 is 2.03. The van der Waals surface area contributed by atoms with E-state index in [1.807, 2.05) is 10.9 Å². The maximum atomic E-state index is 6.00. The molecule has 0 bridgehead atoms. The molecule has 2 rings (SSSR count). The molecule has 2 N–H and O–H groups in total. The first-order valence-corrected chi connectivity index (χ1v) is 7.24. The topological polar surface area (TPSA) is 47.1 Å². The third-order valence-corrected chi connectivity index (χ3v) is 3.97. The molecule has 1 aliphatic rings. The van der Waals surface area contributed by atoms with Crippen molar-refractivity contribution < 1.29 is 0 Å². The standard InChI is InChI=1S/C14H26N4/c1-3-7-17-11-13(10-16-17)14(9-15)18-8-5-4-6-12(18)2/h10-12,14H,3-9,15H2,1-2H3. The van der Waals surface area contributed by atoms with E-state index >= 15 is 0 Å². The lowest BCUT2D eigenvalue weighted by Crippen LogP contribution is -2.42. The first kappa shape index (κ1) is 13.6. The lowest BCUT2D eigenvalue weighted by atomic mass is 9.99. The molecule has 1 saturated heterocycles. The molecule has 0 radical (unpaired) electrons. The van der Waals surface area contributed by atoms with Crippen molar-refractivity contribution in [1.29, 1.82) is 0 Å². The van der Waals surface area contributed by atoms with Crippen molar-refractivity contribution in [2.45, 2.75) is 58.2 Å². The van der Waals surface area contributed by atoms with Crippen LogP contribution < -0.4 is 5.73 Å². The van der Waals surface area contributed by atoms with Gasteiger partial charge in [0.05, 0.1) is 12.2 Å². The van der Waals surface area contributed by atoms with E-state index in [-0.39, 0.29) is 0 Å². The summed E-state index contributed by atoms with van der Waals surface area (Å²) in [5.74, 6) is 0. The van der Waals surface area contributed by atoms with Crippen molar-refractivity contribution in [3.05, 3.63) is 18.0 Å². The molecular formula is C14H26N4. The number of nitrogens with two attached hydrogens (primary N) is 1. The molecule has 102 valence electrons. The van der Waals surface area contributed by atoms with Crippen molar-refractivity contribution in [2.75, 3.05) is 13.1 Å². The highest BCUT2D eigenvalue weighted by Crippen LogP contribution is 2.27. The Kier molecular flexibility index (Phi) is 4.78. The normalized spacial score (nSPS) is 23.2. The van der Waals surface area contributed by atoms with Gasteiger partial charge in [-0.05, 0) is 32.7 Å². The van der Waals surface area contributed by atoms with Gasteiger partial charge in [-0.15, -0.1) is 0 Å². The fourth-order valence-corrected chi connectivity index (χ4v) is 2.95. The molecule has 0 aromatic carbocycles. The van der Waals surface area contributed by atoms with Crippen molar-refractivity contribution >= 4 is 0 Å². The van der Waals surface area contributed by atoms with E-state index in [0.29, 0.717) is 18.6 Å². The van der Waals surface area contributed by atoms with Gasteiger partial charge in [0, 0.05) is 30.9 Å². The second-order valence-corrected chi connectivity index (χ2v) is 5.37. The minimum absolute atomic E-state index is 0.339. The Hall–Kier alpha value is -0.870. The van der Waals surface area contributed by atoms with Crippen LogP contribution in [0.1, 0.15) is 51.1 Å². The maximum absolute atomic E-state index is 6.00. The molecule has 2 atom stereocenters. The summed E-state index contributed by atoms with van der Waals surface area (Å²) in [4.78, 5) is 2.55. The van der Waals surface area contributed by atoms with Crippen LogP contribution in [0.2, 0.25) is 0 Å². The number of hydrogen-bond acceptors (Lipinski definition) is 3. The molecule has 0 amide bonds. The third-order valence-electron chi connectivity index (χ3n) is 3.97. The Morgan fingerprint density at radius 1 is 1.50 bits per heavy atom. The zero-order chi connectivity index (χ0) is 13.0. The van der Waals surface area contributed by atoms with Gasteiger partial charge in [0.15, 0.2) is 0 Å². The average Bonchev–Trinajstić information content (AvgIpc) is 2.82. The minimum atomic E-state index is 0.339. The summed E-state index contributed by atoms with van der Waals surface area (Å²) in [6.07, 6.45) is 9.22. The van der Waals surface area contributed by atoms with Gasteiger partial charge in [0.2, 0.25) is 0 Å². The van der Waals surface area contributed by atoms with E-state index in [1.54, 1.807) is 0 Å². The van der Waals surface area contributed by atoms with Gasteiger partial charge in [-0.3, -0.25) is 9.58 Å². The largest absolute Gasteiger partial charge is 0.329 e.